The van der Waals surface area contributed by atoms with Gasteiger partial charge in [0.1, 0.15) is 17.4 Å². The van der Waals surface area contributed by atoms with Gasteiger partial charge in [-0.3, -0.25) is 4.99 Å². The van der Waals surface area contributed by atoms with Crippen molar-refractivity contribution < 1.29 is 9.13 Å². The molecule has 1 aromatic carbocycles. The highest BCUT2D eigenvalue weighted by Crippen LogP contribution is 2.39. The van der Waals surface area contributed by atoms with Crippen LogP contribution in [-0.4, -0.2) is 49.0 Å². The molecule has 0 spiro atoms. The van der Waals surface area contributed by atoms with Crippen LogP contribution in [0.15, 0.2) is 17.1 Å². The molecule has 0 radical (unpaired) electrons. The molecule has 4 rings (SSSR count). The Labute approximate surface area is 144 Å². The van der Waals surface area contributed by atoms with Gasteiger partial charge in [0.2, 0.25) is 0 Å². The fraction of sp³-hybridized carbons (Fsp3) is 0.412. The molecule has 0 N–H and O–H groups in total. The zero-order valence-electron chi connectivity index (χ0n) is 13.6. The smallest absolute Gasteiger partial charge is 0.187 e. The number of rotatable bonds is 1. The van der Waals surface area contributed by atoms with Crippen LogP contribution in [0.1, 0.15) is 12.5 Å². The minimum Gasteiger partial charge on any atom is -0.442 e. The lowest BCUT2D eigenvalue weighted by Gasteiger charge is -2.35. The number of hydrogen-bond donors (Lipinski definition) is 0. The largest absolute Gasteiger partial charge is 0.442 e. The number of aromatic nitrogens is 1. The molecular weight excluding hydrogens is 331 g/mol. The summed E-state index contributed by atoms with van der Waals surface area (Å²) < 4.78 is 19.8. The predicted molar refractivity (Wildman–Crippen MR) is 93.9 cm³/mol. The lowest BCUT2D eigenvalue weighted by Crippen LogP contribution is -2.45. The highest BCUT2D eigenvalue weighted by atomic mass is 35.5. The fourth-order valence-corrected chi connectivity index (χ4v) is 3.33. The molecule has 2 aromatic rings. The summed E-state index contributed by atoms with van der Waals surface area (Å²) in [6, 6.07) is 2.96. The summed E-state index contributed by atoms with van der Waals surface area (Å²) >= 11 is 5.97. The summed E-state index contributed by atoms with van der Waals surface area (Å²) in [5, 5.41) is 0.797. The molecule has 1 saturated heterocycles. The highest BCUT2D eigenvalue weighted by molar-refractivity contribution is 6.31. The second kappa shape index (κ2) is 5.86. The van der Waals surface area contributed by atoms with E-state index in [2.05, 4.69) is 21.8 Å². The van der Waals surface area contributed by atoms with E-state index in [0.717, 1.165) is 42.9 Å². The number of hydrogen-bond acceptors (Lipinski definition) is 5. The Morgan fingerprint density at radius 3 is 2.71 bits per heavy atom. The molecule has 5 nitrogen and oxygen atoms in total. The number of ether oxygens (including phenoxy) is 1. The third-order valence-electron chi connectivity index (χ3n) is 4.57. The van der Waals surface area contributed by atoms with Gasteiger partial charge in [-0.25, -0.2) is 9.37 Å². The van der Waals surface area contributed by atoms with Crippen LogP contribution in [0.4, 0.5) is 10.2 Å². The zero-order valence-corrected chi connectivity index (χ0v) is 14.4. The minimum absolute atomic E-state index is 0.0719. The molecule has 0 saturated carbocycles. The summed E-state index contributed by atoms with van der Waals surface area (Å²) in [5.41, 5.74) is 1.50. The molecular formula is C17H18ClFN4O. The summed E-state index contributed by atoms with van der Waals surface area (Å²) in [6.45, 7) is 6.01. The monoisotopic (exact) mass is 348 g/mol. The van der Waals surface area contributed by atoms with E-state index >= 15 is 0 Å². The molecule has 0 amide bonds. The first-order chi connectivity index (χ1) is 11.5. The summed E-state index contributed by atoms with van der Waals surface area (Å²) in [5.74, 6) is 1.66. The first-order valence-corrected chi connectivity index (χ1v) is 8.35. The van der Waals surface area contributed by atoms with Gasteiger partial charge in [0.25, 0.3) is 0 Å². The maximum atomic E-state index is 13.9. The molecule has 0 atom stereocenters. The Hall–Kier alpha value is -1.92. The van der Waals surface area contributed by atoms with Crippen LogP contribution in [0.2, 0.25) is 5.02 Å². The molecule has 24 heavy (non-hydrogen) atoms. The van der Waals surface area contributed by atoms with Gasteiger partial charge in [-0.05, 0) is 13.1 Å². The second-order valence-corrected chi connectivity index (χ2v) is 6.66. The topological polar surface area (TPSA) is 41.0 Å². The average Bonchev–Trinajstić information content (AvgIpc) is 2.56. The molecule has 7 heteroatoms. The van der Waals surface area contributed by atoms with Crippen LogP contribution in [-0.2, 0) is 6.54 Å². The minimum atomic E-state index is -0.470. The van der Waals surface area contributed by atoms with Gasteiger partial charge >= 0.3 is 0 Å². The maximum Gasteiger partial charge on any atom is 0.187 e. The van der Waals surface area contributed by atoms with Crippen LogP contribution < -0.4 is 9.64 Å². The number of piperazine rings is 1. The van der Waals surface area contributed by atoms with Crippen molar-refractivity contribution in [1.29, 1.82) is 0 Å². The second-order valence-electron chi connectivity index (χ2n) is 6.25. The number of pyridine rings is 1. The lowest BCUT2D eigenvalue weighted by atomic mass is 10.1. The van der Waals surface area contributed by atoms with E-state index in [1.54, 1.807) is 6.07 Å². The third-order valence-corrected chi connectivity index (χ3v) is 4.86. The maximum absolute atomic E-state index is 13.9. The Balaban J connectivity index is 1.90. The van der Waals surface area contributed by atoms with Crippen LogP contribution in [0.3, 0.4) is 0 Å². The average molecular weight is 349 g/mol. The van der Waals surface area contributed by atoms with Crippen molar-refractivity contribution in [3.63, 3.8) is 0 Å². The first kappa shape index (κ1) is 15.6. The zero-order chi connectivity index (χ0) is 16.8. The molecule has 2 aliphatic rings. The third kappa shape index (κ3) is 2.59. The number of likely N-dealkylation sites (N-methyl/N-ethyl adjacent to an activating group) is 1. The van der Waals surface area contributed by atoms with E-state index in [4.69, 9.17) is 21.3 Å². The van der Waals surface area contributed by atoms with Gasteiger partial charge in [0, 0.05) is 44.6 Å². The van der Waals surface area contributed by atoms with Crippen LogP contribution >= 0.6 is 11.6 Å². The van der Waals surface area contributed by atoms with Crippen molar-refractivity contribution in [2.24, 2.45) is 4.99 Å². The molecule has 1 fully saturated rings. The van der Waals surface area contributed by atoms with Crippen molar-refractivity contribution >= 4 is 34.2 Å². The number of halogens is 2. The molecule has 0 unspecified atom stereocenters. The predicted octanol–water partition coefficient (Wildman–Crippen LogP) is 3.09. The molecule has 126 valence electrons. The molecule has 0 bridgehead atoms. The van der Waals surface area contributed by atoms with Gasteiger partial charge in [0.05, 0.1) is 22.6 Å². The summed E-state index contributed by atoms with van der Waals surface area (Å²) in [6.07, 6.45) is 0. The van der Waals surface area contributed by atoms with E-state index in [-0.39, 0.29) is 5.02 Å². The Morgan fingerprint density at radius 1 is 1.21 bits per heavy atom. The molecule has 1 aromatic heterocycles. The quantitative estimate of drug-likeness (QED) is 0.794. The summed E-state index contributed by atoms with van der Waals surface area (Å²) in [4.78, 5) is 13.6. The van der Waals surface area contributed by atoms with Crippen LogP contribution in [0.5, 0.6) is 5.75 Å². The van der Waals surface area contributed by atoms with E-state index in [1.165, 1.54) is 6.07 Å². The van der Waals surface area contributed by atoms with E-state index < -0.39 is 5.82 Å². The van der Waals surface area contributed by atoms with Gasteiger partial charge in [-0.15, -0.1) is 0 Å². The van der Waals surface area contributed by atoms with Crippen LogP contribution in [0.25, 0.3) is 10.9 Å². The number of nitrogens with zero attached hydrogens (tertiary/aromatic N) is 4. The van der Waals surface area contributed by atoms with E-state index in [0.29, 0.717) is 23.7 Å². The van der Waals surface area contributed by atoms with Crippen molar-refractivity contribution in [2.75, 3.05) is 38.1 Å². The molecule has 0 aliphatic carbocycles. The van der Waals surface area contributed by atoms with Gasteiger partial charge in [0.15, 0.2) is 5.90 Å². The normalized spacial score (nSPS) is 18.3. The lowest BCUT2D eigenvalue weighted by molar-refractivity contribution is 0.311. The fourth-order valence-electron chi connectivity index (χ4n) is 3.17. The number of aliphatic imine (C=N–C) groups is 1. The Kier molecular flexibility index (Phi) is 3.81. The van der Waals surface area contributed by atoms with Gasteiger partial charge in [-0.2, -0.15) is 0 Å². The van der Waals surface area contributed by atoms with Crippen LogP contribution in [0, 0.1) is 5.82 Å². The standard InChI is InChI=1S/C17H18ClFN4O/c1-10-20-9-12-16(24-10)11-7-13(18)14(19)8-15(11)21-17(12)23-5-3-22(2)4-6-23/h7-8H,3-6,9H2,1-2H3. The van der Waals surface area contributed by atoms with Gasteiger partial charge in [-0.1, -0.05) is 11.6 Å². The Bertz CT molecular complexity index is 846. The number of benzene rings is 1. The SMILES string of the molecule is CC1=NCc2c(N3CCN(C)CC3)nc3cc(F)c(Cl)cc3c2O1. The number of fused-ring (bicyclic) bond motifs is 3. The highest BCUT2D eigenvalue weighted by Gasteiger charge is 2.26. The summed E-state index contributed by atoms with van der Waals surface area (Å²) in [7, 11) is 2.11. The van der Waals surface area contributed by atoms with Crippen molar-refractivity contribution in [1.82, 2.24) is 9.88 Å². The van der Waals surface area contributed by atoms with Crippen molar-refractivity contribution in [3.8, 4) is 5.75 Å². The van der Waals surface area contributed by atoms with Crippen molar-refractivity contribution in [3.05, 3.63) is 28.5 Å². The molecule has 2 aliphatic heterocycles. The molecule has 3 heterocycles. The van der Waals surface area contributed by atoms with Crippen molar-refractivity contribution in [2.45, 2.75) is 13.5 Å². The first-order valence-electron chi connectivity index (χ1n) is 7.97. The van der Waals surface area contributed by atoms with E-state index in [1.807, 2.05) is 6.92 Å². The van der Waals surface area contributed by atoms with E-state index in [9.17, 15) is 4.39 Å². The van der Waals surface area contributed by atoms with Gasteiger partial charge < -0.3 is 14.5 Å². The number of anilines is 1. The Morgan fingerprint density at radius 2 is 1.96 bits per heavy atom.